The fraction of sp³-hybridized carbons (Fsp3) is 0.909. The summed E-state index contributed by atoms with van der Waals surface area (Å²) in [4.78, 5) is 13.7. The maximum atomic E-state index is 11.7. The Balaban J connectivity index is 2.16. The summed E-state index contributed by atoms with van der Waals surface area (Å²) in [5.74, 6) is 1.11. The first-order valence-electron chi connectivity index (χ1n) is 5.76. The van der Waals surface area contributed by atoms with Crippen molar-refractivity contribution in [1.29, 1.82) is 0 Å². The Morgan fingerprint density at radius 2 is 2.14 bits per heavy atom. The molecule has 14 heavy (non-hydrogen) atoms. The quantitative estimate of drug-likeness (QED) is 0.624. The minimum absolute atomic E-state index is 0.306. The largest absolute Gasteiger partial charge is 0.343 e. The van der Waals surface area contributed by atoms with E-state index in [9.17, 15) is 4.79 Å². The monoisotopic (exact) mass is 198 g/mol. The third kappa shape index (κ3) is 4.09. The van der Waals surface area contributed by atoms with E-state index < -0.39 is 0 Å². The molecule has 3 heteroatoms. The highest BCUT2D eigenvalue weighted by molar-refractivity contribution is 5.76. The summed E-state index contributed by atoms with van der Waals surface area (Å²) < 4.78 is 0. The molecule has 3 nitrogen and oxygen atoms in total. The lowest BCUT2D eigenvalue weighted by atomic mass is 10.3. The Hall–Kier alpha value is -0.570. The summed E-state index contributed by atoms with van der Waals surface area (Å²) >= 11 is 0. The van der Waals surface area contributed by atoms with Crippen molar-refractivity contribution in [3.8, 4) is 0 Å². The van der Waals surface area contributed by atoms with Crippen molar-refractivity contribution in [1.82, 2.24) is 10.2 Å². The molecule has 1 N–H and O–H groups in total. The Bertz CT molecular complexity index is 178. The summed E-state index contributed by atoms with van der Waals surface area (Å²) in [7, 11) is 0. The van der Waals surface area contributed by atoms with Crippen LogP contribution in [0.1, 0.15) is 33.1 Å². The average molecular weight is 198 g/mol. The minimum atomic E-state index is 0.306. The number of nitrogens with zero attached hydrogens (tertiary/aromatic N) is 1. The summed E-state index contributed by atoms with van der Waals surface area (Å²) in [6.07, 6.45) is 3.28. The topological polar surface area (TPSA) is 32.3 Å². The molecule has 1 fully saturated rings. The molecule has 0 aromatic rings. The highest BCUT2D eigenvalue weighted by Crippen LogP contribution is 2.29. The van der Waals surface area contributed by atoms with Gasteiger partial charge in [-0.25, -0.2) is 0 Å². The van der Waals surface area contributed by atoms with Gasteiger partial charge in [-0.05, 0) is 32.2 Å². The highest BCUT2D eigenvalue weighted by atomic mass is 16.2. The van der Waals surface area contributed by atoms with Gasteiger partial charge in [0.15, 0.2) is 0 Å². The molecule has 0 aromatic carbocycles. The Labute approximate surface area is 86.9 Å². The van der Waals surface area contributed by atoms with Crippen LogP contribution < -0.4 is 5.32 Å². The van der Waals surface area contributed by atoms with E-state index in [1.165, 1.54) is 12.8 Å². The van der Waals surface area contributed by atoms with Gasteiger partial charge in [0.05, 0.1) is 0 Å². The predicted octanol–water partition coefficient (Wildman–Crippen LogP) is 1.24. The van der Waals surface area contributed by atoms with Crippen molar-refractivity contribution in [3.05, 3.63) is 0 Å². The highest BCUT2D eigenvalue weighted by Gasteiger charge is 2.25. The zero-order valence-electron chi connectivity index (χ0n) is 9.38. The number of nitrogens with one attached hydrogen (secondary N) is 1. The van der Waals surface area contributed by atoms with Crippen molar-refractivity contribution in [2.45, 2.75) is 33.1 Å². The van der Waals surface area contributed by atoms with E-state index in [0.717, 1.165) is 32.1 Å². The number of hydrogen-bond acceptors (Lipinski definition) is 2. The zero-order chi connectivity index (χ0) is 10.4. The lowest BCUT2D eigenvalue weighted by Crippen LogP contribution is -2.34. The molecule has 1 amide bonds. The summed E-state index contributed by atoms with van der Waals surface area (Å²) in [6, 6.07) is 0. The van der Waals surface area contributed by atoms with Gasteiger partial charge in [-0.1, -0.05) is 6.92 Å². The smallest absolute Gasteiger partial charge is 0.223 e. The van der Waals surface area contributed by atoms with Gasteiger partial charge in [0, 0.05) is 26.1 Å². The van der Waals surface area contributed by atoms with Crippen LogP contribution >= 0.6 is 0 Å². The molecule has 0 bridgehead atoms. The molecular formula is C11H22N2O. The molecule has 0 spiro atoms. The summed E-state index contributed by atoms with van der Waals surface area (Å²) in [5, 5.41) is 3.18. The third-order valence-electron chi connectivity index (χ3n) is 2.68. The van der Waals surface area contributed by atoms with Gasteiger partial charge in [0.1, 0.15) is 0 Å². The van der Waals surface area contributed by atoms with E-state index >= 15 is 0 Å². The molecule has 0 atom stereocenters. The van der Waals surface area contributed by atoms with Crippen molar-refractivity contribution < 1.29 is 4.79 Å². The van der Waals surface area contributed by atoms with Crippen molar-refractivity contribution in [2.24, 2.45) is 5.92 Å². The van der Waals surface area contributed by atoms with Crippen LogP contribution in [0.3, 0.4) is 0 Å². The fourth-order valence-electron chi connectivity index (χ4n) is 1.55. The van der Waals surface area contributed by atoms with Gasteiger partial charge in [-0.15, -0.1) is 0 Å². The second-order valence-corrected chi connectivity index (χ2v) is 3.98. The van der Waals surface area contributed by atoms with Crippen LogP contribution in [0.5, 0.6) is 0 Å². The number of rotatable bonds is 7. The van der Waals surface area contributed by atoms with E-state index in [-0.39, 0.29) is 0 Å². The van der Waals surface area contributed by atoms with E-state index in [0.29, 0.717) is 12.3 Å². The van der Waals surface area contributed by atoms with Gasteiger partial charge in [0.2, 0.25) is 5.91 Å². The molecule has 1 rings (SSSR count). The van der Waals surface area contributed by atoms with Gasteiger partial charge in [0.25, 0.3) is 0 Å². The predicted molar refractivity (Wildman–Crippen MR) is 58.1 cm³/mol. The van der Waals surface area contributed by atoms with Gasteiger partial charge in [-0.3, -0.25) is 4.79 Å². The first-order chi connectivity index (χ1) is 6.77. The molecule has 0 aliphatic heterocycles. The molecule has 0 radical (unpaired) electrons. The third-order valence-corrected chi connectivity index (χ3v) is 2.68. The van der Waals surface area contributed by atoms with Gasteiger partial charge < -0.3 is 10.2 Å². The first-order valence-corrected chi connectivity index (χ1v) is 5.76. The van der Waals surface area contributed by atoms with Crippen molar-refractivity contribution in [3.63, 3.8) is 0 Å². The van der Waals surface area contributed by atoms with E-state index in [2.05, 4.69) is 19.2 Å². The van der Waals surface area contributed by atoms with Crippen LogP contribution in [0.4, 0.5) is 0 Å². The van der Waals surface area contributed by atoms with Gasteiger partial charge in [-0.2, -0.15) is 0 Å². The minimum Gasteiger partial charge on any atom is -0.343 e. The first kappa shape index (κ1) is 11.5. The molecule has 1 aliphatic rings. The summed E-state index contributed by atoms with van der Waals surface area (Å²) in [5.41, 5.74) is 0. The van der Waals surface area contributed by atoms with Crippen molar-refractivity contribution >= 4 is 5.91 Å². The lowest BCUT2D eigenvalue weighted by molar-refractivity contribution is -0.131. The van der Waals surface area contributed by atoms with Gasteiger partial charge >= 0.3 is 0 Å². The molecule has 0 saturated heterocycles. The molecule has 1 aliphatic carbocycles. The number of carbonyl (C=O) groups excluding carboxylic acids is 1. The van der Waals surface area contributed by atoms with Crippen LogP contribution in [0, 0.1) is 5.92 Å². The van der Waals surface area contributed by atoms with Crippen LogP contribution in [-0.2, 0) is 4.79 Å². The standard InChI is InChI=1S/C11H22N2O/c1-3-12-8-7-11(14)13(4-2)9-10-5-6-10/h10,12H,3-9H2,1-2H3. The van der Waals surface area contributed by atoms with Crippen LogP contribution in [-0.4, -0.2) is 37.0 Å². The summed E-state index contributed by atoms with van der Waals surface area (Å²) in [6.45, 7) is 7.74. The Kier molecular flexibility index (Phi) is 4.94. The molecular weight excluding hydrogens is 176 g/mol. The normalized spacial score (nSPS) is 15.6. The van der Waals surface area contributed by atoms with Crippen molar-refractivity contribution in [2.75, 3.05) is 26.2 Å². The van der Waals surface area contributed by atoms with Crippen LogP contribution in [0.15, 0.2) is 0 Å². The second kappa shape index (κ2) is 6.02. The molecule has 82 valence electrons. The molecule has 0 aromatic heterocycles. The SMILES string of the molecule is CCNCCC(=O)N(CC)CC1CC1. The zero-order valence-corrected chi connectivity index (χ0v) is 9.38. The maximum absolute atomic E-state index is 11.7. The number of carbonyl (C=O) groups is 1. The molecule has 1 saturated carbocycles. The number of hydrogen-bond donors (Lipinski definition) is 1. The Morgan fingerprint density at radius 1 is 1.43 bits per heavy atom. The fourth-order valence-corrected chi connectivity index (χ4v) is 1.55. The average Bonchev–Trinajstić information content (AvgIpc) is 2.98. The molecule has 0 unspecified atom stereocenters. The Morgan fingerprint density at radius 3 is 2.64 bits per heavy atom. The van der Waals surface area contributed by atoms with E-state index in [1.54, 1.807) is 0 Å². The maximum Gasteiger partial charge on any atom is 0.223 e. The molecule has 0 heterocycles. The second-order valence-electron chi connectivity index (χ2n) is 3.98. The van der Waals surface area contributed by atoms with Crippen LogP contribution in [0.2, 0.25) is 0 Å². The van der Waals surface area contributed by atoms with Crippen LogP contribution in [0.25, 0.3) is 0 Å². The number of amides is 1. The van der Waals surface area contributed by atoms with E-state index in [4.69, 9.17) is 0 Å². The van der Waals surface area contributed by atoms with E-state index in [1.807, 2.05) is 4.90 Å². The lowest BCUT2D eigenvalue weighted by Gasteiger charge is -2.20.